The van der Waals surface area contributed by atoms with Crippen molar-refractivity contribution in [2.75, 3.05) is 13.1 Å². The second-order valence-corrected chi connectivity index (χ2v) is 8.10. The van der Waals surface area contributed by atoms with Crippen molar-refractivity contribution < 1.29 is 8.42 Å². The lowest BCUT2D eigenvalue weighted by Crippen LogP contribution is -2.35. The topological polar surface area (TPSA) is 40.6 Å². The number of rotatable bonds is 3. The summed E-state index contributed by atoms with van der Waals surface area (Å²) in [5.41, 5.74) is 1.05. The van der Waals surface area contributed by atoms with Gasteiger partial charge in [-0.2, -0.15) is 4.31 Å². The summed E-state index contributed by atoms with van der Waals surface area (Å²) in [5, 5.41) is 0. The van der Waals surface area contributed by atoms with Crippen LogP contribution in [0.1, 0.15) is 24.6 Å². The van der Waals surface area contributed by atoms with Gasteiger partial charge in [0.25, 0.3) is 0 Å². The normalized spacial score (nSPS) is 25.6. The van der Waals surface area contributed by atoms with Crippen LogP contribution < -0.4 is 0 Å². The molecule has 0 saturated carbocycles. The van der Waals surface area contributed by atoms with E-state index in [1.807, 2.05) is 36.4 Å². The van der Waals surface area contributed by atoms with Crippen molar-refractivity contribution in [3.8, 4) is 0 Å². The maximum atomic E-state index is 13.1. The summed E-state index contributed by atoms with van der Waals surface area (Å²) in [6, 6.07) is 19.1. The molecule has 2 unspecified atom stereocenters. The third-order valence-electron chi connectivity index (χ3n) is 4.85. The second-order valence-electron chi connectivity index (χ2n) is 6.21. The molecule has 2 aliphatic heterocycles. The highest BCUT2D eigenvalue weighted by Crippen LogP contribution is 2.41. The zero-order valence-corrected chi connectivity index (χ0v) is 13.7. The molecule has 2 fully saturated rings. The van der Waals surface area contributed by atoms with Gasteiger partial charge in [0.1, 0.15) is 6.17 Å². The monoisotopic (exact) mass is 328 g/mol. The first-order valence-electron chi connectivity index (χ1n) is 8.05. The first-order chi connectivity index (χ1) is 11.2. The molecule has 2 saturated heterocycles. The third kappa shape index (κ3) is 2.49. The summed E-state index contributed by atoms with van der Waals surface area (Å²) in [6.45, 7) is 1.54. The third-order valence-corrected chi connectivity index (χ3v) is 6.68. The molecule has 0 N–H and O–H groups in total. The predicted molar refractivity (Wildman–Crippen MR) is 89.2 cm³/mol. The number of hydrogen-bond donors (Lipinski definition) is 0. The minimum atomic E-state index is -3.49. The quantitative estimate of drug-likeness (QED) is 0.870. The van der Waals surface area contributed by atoms with Crippen molar-refractivity contribution >= 4 is 10.0 Å². The van der Waals surface area contributed by atoms with Crippen LogP contribution in [0.5, 0.6) is 0 Å². The highest BCUT2D eigenvalue weighted by atomic mass is 32.2. The van der Waals surface area contributed by atoms with Gasteiger partial charge in [0, 0.05) is 19.1 Å². The van der Waals surface area contributed by atoms with Gasteiger partial charge in [-0.15, -0.1) is 0 Å². The molecule has 0 aromatic heterocycles. The molecule has 5 heteroatoms. The van der Waals surface area contributed by atoms with Crippen LogP contribution in [0.3, 0.4) is 0 Å². The fourth-order valence-electron chi connectivity index (χ4n) is 3.79. The molecule has 0 aliphatic carbocycles. The fraction of sp³-hybridized carbons (Fsp3) is 0.333. The standard InChI is InChI=1S/C18H20N2O2S/c21-23(22,17-11-5-2-6-12-17)20-14-16-10-7-13-19(16)18(20)15-8-3-1-4-9-15/h1-6,8-9,11-12,16,18H,7,10,13-14H2. The molecule has 2 heterocycles. The van der Waals surface area contributed by atoms with Gasteiger partial charge < -0.3 is 0 Å². The molecular weight excluding hydrogens is 308 g/mol. The summed E-state index contributed by atoms with van der Waals surface area (Å²) in [6.07, 6.45) is 2.03. The summed E-state index contributed by atoms with van der Waals surface area (Å²) in [5.74, 6) is 0. The van der Waals surface area contributed by atoms with Crippen LogP contribution in [0.2, 0.25) is 0 Å². The molecule has 120 valence electrons. The zero-order valence-electron chi connectivity index (χ0n) is 12.9. The molecule has 0 spiro atoms. The van der Waals surface area contributed by atoms with Gasteiger partial charge in [-0.1, -0.05) is 48.5 Å². The molecule has 2 atom stereocenters. The van der Waals surface area contributed by atoms with E-state index in [1.54, 1.807) is 28.6 Å². The minimum absolute atomic E-state index is 0.186. The van der Waals surface area contributed by atoms with Crippen molar-refractivity contribution in [2.45, 2.75) is 29.9 Å². The van der Waals surface area contributed by atoms with Crippen LogP contribution in [-0.4, -0.2) is 36.8 Å². The number of fused-ring (bicyclic) bond motifs is 1. The van der Waals surface area contributed by atoms with E-state index >= 15 is 0 Å². The average molecular weight is 328 g/mol. The molecule has 0 bridgehead atoms. The van der Waals surface area contributed by atoms with E-state index in [0.29, 0.717) is 17.5 Å². The van der Waals surface area contributed by atoms with Crippen LogP contribution in [-0.2, 0) is 10.0 Å². The van der Waals surface area contributed by atoms with E-state index in [9.17, 15) is 8.42 Å². The summed E-state index contributed by atoms with van der Waals surface area (Å²) in [7, 11) is -3.49. The Bertz CT molecular complexity index is 777. The lowest BCUT2D eigenvalue weighted by Gasteiger charge is -2.29. The van der Waals surface area contributed by atoms with E-state index in [-0.39, 0.29) is 6.17 Å². The SMILES string of the molecule is O=S(=O)(c1ccccc1)N1CC2CCCN2C1c1ccccc1. The van der Waals surface area contributed by atoms with Gasteiger partial charge in [0.05, 0.1) is 4.90 Å². The van der Waals surface area contributed by atoms with Crippen molar-refractivity contribution in [1.82, 2.24) is 9.21 Å². The molecule has 2 aromatic rings. The Kier molecular flexibility index (Phi) is 3.71. The van der Waals surface area contributed by atoms with Crippen molar-refractivity contribution in [2.24, 2.45) is 0 Å². The van der Waals surface area contributed by atoms with Gasteiger partial charge in [-0.3, -0.25) is 4.90 Å². The van der Waals surface area contributed by atoms with Crippen molar-refractivity contribution in [3.63, 3.8) is 0 Å². The molecule has 0 radical (unpaired) electrons. The van der Waals surface area contributed by atoms with Crippen molar-refractivity contribution in [3.05, 3.63) is 66.2 Å². The summed E-state index contributed by atoms with van der Waals surface area (Å²) >= 11 is 0. The van der Waals surface area contributed by atoms with Crippen LogP contribution in [0, 0.1) is 0 Å². The Hall–Kier alpha value is -1.69. The van der Waals surface area contributed by atoms with Crippen LogP contribution in [0.25, 0.3) is 0 Å². The van der Waals surface area contributed by atoms with Gasteiger partial charge in [-0.25, -0.2) is 8.42 Å². The molecular formula is C18H20N2O2S. The Morgan fingerprint density at radius 1 is 0.913 bits per heavy atom. The number of hydrogen-bond acceptors (Lipinski definition) is 3. The van der Waals surface area contributed by atoms with E-state index < -0.39 is 10.0 Å². The van der Waals surface area contributed by atoms with Gasteiger partial charge in [-0.05, 0) is 30.5 Å². The highest BCUT2D eigenvalue weighted by Gasteiger charge is 2.47. The Morgan fingerprint density at radius 2 is 1.57 bits per heavy atom. The lowest BCUT2D eigenvalue weighted by atomic mass is 10.1. The smallest absolute Gasteiger partial charge is 0.244 e. The number of benzene rings is 2. The van der Waals surface area contributed by atoms with Gasteiger partial charge >= 0.3 is 0 Å². The maximum absolute atomic E-state index is 13.1. The Morgan fingerprint density at radius 3 is 2.26 bits per heavy atom. The average Bonchev–Trinajstić information content (AvgIpc) is 3.17. The molecule has 4 rings (SSSR count). The minimum Gasteiger partial charge on any atom is -0.279 e. The van der Waals surface area contributed by atoms with Crippen molar-refractivity contribution in [1.29, 1.82) is 0 Å². The number of nitrogens with zero attached hydrogens (tertiary/aromatic N) is 2. The first kappa shape index (κ1) is 14.9. The molecule has 2 aliphatic rings. The molecule has 0 amide bonds. The van der Waals surface area contributed by atoms with Gasteiger partial charge in [0.15, 0.2) is 0 Å². The van der Waals surface area contributed by atoms with Crippen LogP contribution in [0.15, 0.2) is 65.6 Å². The lowest BCUT2D eigenvalue weighted by molar-refractivity contribution is 0.198. The molecule has 2 aromatic carbocycles. The van der Waals surface area contributed by atoms with E-state index in [1.165, 1.54) is 0 Å². The highest BCUT2D eigenvalue weighted by molar-refractivity contribution is 7.89. The number of sulfonamides is 1. The zero-order chi connectivity index (χ0) is 15.9. The molecule has 4 nitrogen and oxygen atoms in total. The molecule has 23 heavy (non-hydrogen) atoms. The fourth-order valence-corrected chi connectivity index (χ4v) is 5.44. The maximum Gasteiger partial charge on any atom is 0.244 e. The Balaban J connectivity index is 1.78. The van der Waals surface area contributed by atoms with E-state index in [2.05, 4.69) is 4.90 Å². The predicted octanol–water partition coefficient (Wildman–Crippen LogP) is 2.85. The second kappa shape index (κ2) is 5.74. The van der Waals surface area contributed by atoms with E-state index in [4.69, 9.17) is 0 Å². The largest absolute Gasteiger partial charge is 0.279 e. The van der Waals surface area contributed by atoms with Gasteiger partial charge in [0.2, 0.25) is 10.0 Å². The first-order valence-corrected chi connectivity index (χ1v) is 9.49. The Labute approximate surface area is 137 Å². The van der Waals surface area contributed by atoms with Crippen LogP contribution in [0.4, 0.5) is 0 Å². The van der Waals surface area contributed by atoms with Crippen LogP contribution >= 0.6 is 0 Å². The summed E-state index contributed by atoms with van der Waals surface area (Å²) in [4.78, 5) is 2.72. The summed E-state index contributed by atoms with van der Waals surface area (Å²) < 4.78 is 28.0. The van der Waals surface area contributed by atoms with E-state index in [0.717, 1.165) is 24.9 Å².